The fraction of sp³-hybridized carbons (Fsp3) is 0.545. The Labute approximate surface area is 83.7 Å². The molecule has 1 aromatic rings. The van der Waals surface area contributed by atoms with Crippen LogP contribution in [0.5, 0.6) is 5.88 Å². The Bertz CT molecular complexity index is 314. The molecule has 3 nitrogen and oxygen atoms in total. The van der Waals surface area contributed by atoms with Crippen LogP contribution in [-0.2, 0) is 0 Å². The highest BCUT2D eigenvalue weighted by molar-refractivity contribution is 5.30. The maximum absolute atomic E-state index is 9.46. The second kappa shape index (κ2) is 3.96. The minimum atomic E-state index is -0.148. The standard InChI is InChI=1S/C11H15NO2/c1-14-11-10(3-2-6-12-11)8-4-5-9(13)7-8/h2-3,6,8-9,13H,4-5,7H2,1H3. The number of hydrogen-bond donors (Lipinski definition) is 1. The number of aliphatic hydroxyl groups excluding tert-OH is 1. The van der Waals surface area contributed by atoms with E-state index in [1.54, 1.807) is 13.3 Å². The number of aliphatic hydroxyl groups is 1. The van der Waals surface area contributed by atoms with Crippen LogP contribution < -0.4 is 4.74 Å². The molecule has 2 rings (SSSR count). The molecule has 0 spiro atoms. The van der Waals surface area contributed by atoms with Crippen molar-refractivity contribution in [3.8, 4) is 5.88 Å². The van der Waals surface area contributed by atoms with Crippen LogP contribution >= 0.6 is 0 Å². The molecular weight excluding hydrogens is 178 g/mol. The van der Waals surface area contributed by atoms with Crippen LogP contribution in [0.15, 0.2) is 18.3 Å². The van der Waals surface area contributed by atoms with Crippen molar-refractivity contribution in [3.63, 3.8) is 0 Å². The number of ether oxygens (including phenoxy) is 1. The van der Waals surface area contributed by atoms with E-state index in [1.165, 1.54) is 0 Å². The normalized spacial score (nSPS) is 26.4. The van der Waals surface area contributed by atoms with Crippen LogP contribution in [0, 0.1) is 0 Å². The predicted molar refractivity (Wildman–Crippen MR) is 53.4 cm³/mol. The van der Waals surface area contributed by atoms with Gasteiger partial charge in [0.05, 0.1) is 13.2 Å². The van der Waals surface area contributed by atoms with Gasteiger partial charge in [-0.25, -0.2) is 4.98 Å². The highest BCUT2D eigenvalue weighted by Crippen LogP contribution is 2.37. The number of nitrogens with zero attached hydrogens (tertiary/aromatic N) is 1. The molecule has 0 amide bonds. The van der Waals surface area contributed by atoms with Crippen molar-refractivity contribution in [1.29, 1.82) is 0 Å². The Hall–Kier alpha value is -1.09. The highest BCUT2D eigenvalue weighted by atomic mass is 16.5. The Morgan fingerprint density at radius 1 is 1.50 bits per heavy atom. The molecule has 1 aliphatic rings. The number of hydrogen-bond acceptors (Lipinski definition) is 3. The van der Waals surface area contributed by atoms with Gasteiger partial charge in [-0.2, -0.15) is 0 Å². The van der Waals surface area contributed by atoms with E-state index in [-0.39, 0.29) is 6.10 Å². The van der Waals surface area contributed by atoms with Gasteiger partial charge in [-0.3, -0.25) is 0 Å². The third-order valence-electron chi connectivity index (χ3n) is 2.84. The van der Waals surface area contributed by atoms with Gasteiger partial charge in [0.2, 0.25) is 5.88 Å². The summed E-state index contributed by atoms with van der Waals surface area (Å²) in [5.41, 5.74) is 1.13. The zero-order chi connectivity index (χ0) is 9.97. The lowest BCUT2D eigenvalue weighted by Gasteiger charge is -2.12. The quantitative estimate of drug-likeness (QED) is 0.777. The van der Waals surface area contributed by atoms with Crippen LogP contribution in [0.3, 0.4) is 0 Å². The number of pyridine rings is 1. The minimum Gasteiger partial charge on any atom is -0.481 e. The number of rotatable bonds is 2. The number of aromatic nitrogens is 1. The topological polar surface area (TPSA) is 42.4 Å². The summed E-state index contributed by atoms with van der Waals surface area (Å²) in [6.45, 7) is 0. The zero-order valence-electron chi connectivity index (χ0n) is 8.31. The lowest BCUT2D eigenvalue weighted by atomic mass is 9.99. The van der Waals surface area contributed by atoms with E-state index in [4.69, 9.17) is 4.74 Å². The smallest absolute Gasteiger partial charge is 0.216 e. The maximum Gasteiger partial charge on any atom is 0.216 e. The Balaban J connectivity index is 2.22. The molecule has 0 saturated heterocycles. The van der Waals surface area contributed by atoms with Crippen LogP contribution in [0.4, 0.5) is 0 Å². The fourth-order valence-electron chi connectivity index (χ4n) is 2.12. The van der Waals surface area contributed by atoms with Crippen molar-refractivity contribution in [3.05, 3.63) is 23.9 Å². The molecule has 1 heterocycles. The van der Waals surface area contributed by atoms with E-state index in [0.717, 1.165) is 24.8 Å². The van der Waals surface area contributed by atoms with Crippen LogP contribution in [0.2, 0.25) is 0 Å². The summed E-state index contributed by atoms with van der Waals surface area (Å²) < 4.78 is 5.20. The SMILES string of the molecule is COc1ncccc1C1CCC(O)C1. The molecule has 0 aliphatic heterocycles. The third-order valence-corrected chi connectivity index (χ3v) is 2.84. The Morgan fingerprint density at radius 3 is 3.00 bits per heavy atom. The molecule has 1 saturated carbocycles. The van der Waals surface area contributed by atoms with Gasteiger partial charge in [0.1, 0.15) is 0 Å². The van der Waals surface area contributed by atoms with Gasteiger partial charge in [0, 0.05) is 11.8 Å². The first kappa shape index (κ1) is 9.46. The molecule has 14 heavy (non-hydrogen) atoms. The van der Waals surface area contributed by atoms with Crippen LogP contribution in [0.1, 0.15) is 30.7 Å². The molecule has 2 atom stereocenters. The molecular formula is C11H15NO2. The van der Waals surface area contributed by atoms with Gasteiger partial charge in [0.25, 0.3) is 0 Å². The van der Waals surface area contributed by atoms with Crippen LogP contribution in [-0.4, -0.2) is 23.3 Å². The molecule has 0 radical (unpaired) electrons. The summed E-state index contributed by atoms with van der Waals surface area (Å²) >= 11 is 0. The van der Waals surface area contributed by atoms with Gasteiger partial charge in [0.15, 0.2) is 0 Å². The molecule has 76 valence electrons. The summed E-state index contributed by atoms with van der Waals surface area (Å²) in [5.74, 6) is 1.11. The summed E-state index contributed by atoms with van der Waals surface area (Å²) in [6, 6.07) is 3.96. The van der Waals surface area contributed by atoms with E-state index in [2.05, 4.69) is 4.98 Å². The summed E-state index contributed by atoms with van der Waals surface area (Å²) in [7, 11) is 1.64. The molecule has 1 aliphatic carbocycles. The lowest BCUT2D eigenvalue weighted by molar-refractivity contribution is 0.181. The van der Waals surface area contributed by atoms with Gasteiger partial charge < -0.3 is 9.84 Å². The monoisotopic (exact) mass is 193 g/mol. The van der Waals surface area contributed by atoms with Gasteiger partial charge in [-0.05, 0) is 31.2 Å². The van der Waals surface area contributed by atoms with Crippen LogP contribution in [0.25, 0.3) is 0 Å². The number of methoxy groups -OCH3 is 1. The van der Waals surface area contributed by atoms with E-state index in [1.807, 2.05) is 12.1 Å². The highest BCUT2D eigenvalue weighted by Gasteiger charge is 2.26. The van der Waals surface area contributed by atoms with Crippen molar-refractivity contribution in [1.82, 2.24) is 4.98 Å². The third kappa shape index (κ3) is 1.73. The predicted octanol–water partition coefficient (Wildman–Crippen LogP) is 1.72. The van der Waals surface area contributed by atoms with E-state index in [0.29, 0.717) is 11.8 Å². The summed E-state index contributed by atoms with van der Waals surface area (Å²) in [4.78, 5) is 4.16. The summed E-state index contributed by atoms with van der Waals surface area (Å²) in [6.07, 6.45) is 4.34. The average Bonchev–Trinajstić information content (AvgIpc) is 2.65. The van der Waals surface area contributed by atoms with E-state index < -0.39 is 0 Å². The molecule has 1 aromatic heterocycles. The second-order valence-corrected chi connectivity index (χ2v) is 3.77. The lowest BCUT2D eigenvalue weighted by Crippen LogP contribution is -2.02. The van der Waals surface area contributed by atoms with Crippen molar-refractivity contribution in [2.45, 2.75) is 31.3 Å². The maximum atomic E-state index is 9.46. The average molecular weight is 193 g/mol. The first-order valence-corrected chi connectivity index (χ1v) is 4.98. The van der Waals surface area contributed by atoms with Gasteiger partial charge >= 0.3 is 0 Å². The zero-order valence-corrected chi connectivity index (χ0v) is 8.31. The largest absolute Gasteiger partial charge is 0.481 e. The Kier molecular flexibility index (Phi) is 2.68. The minimum absolute atomic E-state index is 0.148. The van der Waals surface area contributed by atoms with Crippen molar-refractivity contribution in [2.24, 2.45) is 0 Å². The molecule has 0 bridgehead atoms. The van der Waals surface area contributed by atoms with Crippen molar-refractivity contribution >= 4 is 0 Å². The molecule has 1 N–H and O–H groups in total. The van der Waals surface area contributed by atoms with E-state index >= 15 is 0 Å². The fourth-order valence-corrected chi connectivity index (χ4v) is 2.12. The molecule has 0 aromatic carbocycles. The molecule has 2 unspecified atom stereocenters. The first-order chi connectivity index (χ1) is 6.81. The molecule has 1 fully saturated rings. The van der Waals surface area contributed by atoms with Crippen molar-refractivity contribution < 1.29 is 9.84 Å². The summed E-state index contributed by atoms with van der Waals surface area (Å²) in [5, 5.41) is 9.46. The Morgan fingerprint density at radius 2 is 2.36 bits per heavy atom. The van der Waals surface area contributed by atoms with Gasteiger partial charge in [-0.15, -0.1) is 0 Å². The van der Waals surface area contributed by atoms with Crippen molar-refractivity contribution in [2.75, 3.05) is 7.11 Å². The van der Waals surface area contributed by atoms with E-state index in [9.17, 15) is 5.11 Å². The molecule has 3 heteroatoms. The first-order valence-electron chi connectivity index (χ1n) is 4.98. The second-order valence-electron chi connectivity index (χ2n) is 3.77. The van der Waals surface area contributed by atoms with Gasteiger partial charge in [-0.1, -0.05) is 6.07 Å².